The monoisotopic (exact) mass is 248 g/mol. The third-order valence-corrected chi connectivity index (χ3v) is 3.73. The predicted octanol–water partition coefficient (Wildman–Crippen LogP) is 3.23. The van der Waals surface area contributed by atoms with E-state index in [-0.39, 0.29) is 5.60 Å². The maximum absolute atomic E-state index is 11.3. The molecule has 3 heteroatoms. The fraction of sp³-hybridized carbons (Fsp3) is 0.533. The molecular weight excluding hydrogens is 228 g/mol. The van der Waals surface area contributed by atoms with E-state index in [2.05, 4.69) is 13.8 Å². The topological polar surface area (TPSA) is 35.5 Å². The highest BCUT2D eigenvalue weighted by Gasteiger charge is 2.31. The van der Waals surface area contributed by atoms with Gasteiger partial charge in [0.2, 0.25) is 0 Å². The van der Waals surface area contributed by atoms with Gasteiger partial charge in [0.15, 0.2) is 6.29 Å². The summed E-state index contributed by atoms with van der Waals surface area (Å²) in [5, 5.41) is 0. The lowest BCUT2D eigenvalue weighted by Crippen LogP contribution is -2.33. The minimum Gasteiger partial charge on any atom is -0.496 e. The lowest BCUT2D eigenvalue weighted by atomic mass is 9.88. The van der Waals surface area contributed by atoms with Crippen molar-refractivity contribution >= 4 is 6.29 Å². The van der Waals surface area contributed by atoms with Crippen molar-refractivity contribution in [1.82, 2.24) is 0 Å². The van der Waals surface area contributed by atoms with Crippen molar-refractivity contribution < 1.29 is 14.3 Å². The molecule has 98 valence electrons. The first-order valence-electron chi connectivity index (χ1n) is 6.25. The van der Waals surface area contributed by atoms with Crippen LogP contribution in [0.2, 0.25) is 0 Å². The predicted molar refractivity (Wildman–Crippen MR) is 70.9 cm³/mol. The maximum atomic E-state index is 11.3. The Morgan fingerprint density at radius 1 is 1.28 bits per heavy atom. The van der Waals surface area contributed by atoms with Gasteiger partial charge in [-0.25, -0.2) is 0 Å². The van der Waals surface area contributed by atoms with Crippen LogP contribution in [0.5, 0.6) is 11.5 Å². The number of fused-ring (bicyclic) bond motifs is 1. The van der Waals surface area contributed by atoms with Gasteiger partial charge in [0.05, 0.1) is 12.7 Å². The van der Waals surface area contributed by atoms with Crippen LogP contribution < -0.4 is 9.47 Å². The van der Waals surface area contributed by atoms with Gasteiger partial charge in [0.1, 0.15) is 17.1 Å². The summed E-state index contributed by atoms with van der Waals surface area (Å²) >= 11 is 0. The van der Waals surface area contributed by atoms with Crippen LogP contribution in [0.4, 0.5) is 0 Å². The van der Waals surface area contributed by atoms with Gasteiger partial charge in [-0.15, -0.1) is 0 Å². The third kappa shape index (κ3) is 1.88. The fourth-order valence-electron chi connectivity index (χ4n) is 2.63. The van der Waals surface area contributed by atoms with Crippen molar-refractivity contribution in [3.05, 3.63) is 22.3 Å². The van der Waals surface area contributed by atoms with Gasteiger partial charge < -0.3 is 9.47 Å². The molecule has 0 atom stereocenters. The normalized spacial score (nSPS) is 16.7. The molecule has 0 saturated carbocycles. The van der Waals surface area contributed by atoms with Crippen LogP contribution in [0.25, 0.3) is 0 Å². The number of carbonyl (C=O) groups excluding carboxylic acids is 1. The first-order chi connectivity index (χ1) is 8.41. The molecule has 0 radical (unpaired) electrons. The van der Waals surface area contributed by atoms with Crippen LogP contribution in [0, 0.1) is 13.8 Å². The summed E-state index contributed by atoms with van der Waals surface area (Å²) in [6.45, 7) is 8.07. The summed E-state index contributed by atoms with van der Waals surface area (Å²) in [6, 6.07) is 0. The second-order valence-corrected chi connectivity index (χ2v) is 5.48. The molecule has 0 fully saturated rings. The maximum Gasteiger partial charge on any atom is 0.154 e. The standard InChI is InChI=1S/C15H20O3/c1-9-11-6-7-15(3,4)18-14(11)10(2)12(8-16)13(9)17-5/h8H,6-7H2,1-5H3. The zero-order chi connectivity index (χ0) is 13.5. The molecule has 0 N–H and O–H groups in total. The number of methoxy groups -OCH3 is 1. The highest BCUT2D eigenvalue weighted by Crippen LogP contribution is 2.43. The largest absolute Gasteiger partial charge is 0.496 e. The molecule has 1 heterocycles. The number of carbonyl (C=O) groups is 1. The van der Waals surface area contributed by atoms with Crippen molar-refractivity contribution in [3.63, 3.8) is 0 Å². The van der Waals surface area contributed by atoms with Crippen molar-refractivity contribution in [1.29, 1.82) is 0 Å². The summed E-state index contributed by atoms with van der Waals surface area (Å²) in [5.41, 5.74) is 3.52. The summed E-state index contributed by atoms with van der Waals surface area (Å²) in [4.78, 5) is 11.3. The van der Waals surface area contributed by atoms with Crippen LogP contribution >= 0.6 is 0 Å². The Labute approximate surface area is 108 Å². The smallest absolute Gasteiger partial charge is 0.154 e. The number of rotatable bonds is 2. The Kier molecular flexibility index (Phi) is 3.09. The highest BCUT2D eigenvalue weighted by molar-refractivity contribution is 5.85. The van der Waals surface area contributed by atoms with E-state index in [1.807, 2.05) is 13.8 Å². The van der Waals surface area contributed by atoms with E-state index in [0.29, 0.717) is 11.3 Å². The lowest BCUT2D eigenvalue weighted by molar-refractivity contribution is 0.0828. The van der Waals surface area contributed by atoms with Crippen LogP contribution in [-0.2, 0) is 6.42 Å². The van der Waals surface area contributed by atoms with Crippen molar-refractivity contribution in [2.45, 2.75) is 46.1 Å². The number of hydrogen-bond donors (Lipinski definition) is 0. The molecular formula is C15H20O3. The molecule has 1 aromatic rings. The molecule has 0 aliphatic carbocycles. The Hall–Kier alpha value is -1.51. The molecule has 0 spiro atoms. The van der Waals surface area contributed by atoms with Gasteiger partial charge in [-0.3, -0.25) is 4.79 Å². The van der Waals surface area contributed by atoms with E-state index in [9.17, 15) is 4.79 Å². The molecule has 3 nitrogen and oxygen atoms in total. The van der Waals surface area contributed by atoms with E-state index < -0.39 is 0 Å². The molecule has 2 rings (SSSR count). The second-order valence-electron chi connectivity index (χ2n) is 5.48. The first kappa shape index (κ1) is 12.9. The Bertz CT molecular complexity index is 501. The Morgan fingerprint density at radius 2 is 1.94 bits per heavy atom. The summed E-state index contributed by atoms with van der Waals surface area (Å²) in [7, 11) is 1.61. The van der Waals surface area contributed by atoms with E-state index in [0.717, 1.165) is 36.0 Å². The summed E-state index contributed by atoms with van der Waals surface area (Å²) in [6.07, 6.45) is 2.79. The zero-order valence-electron chi connectivity index (χ0n) is 11.7. The average molecular weight is 248 g/mol. The molecule has 0 unspecified atom stereocenters. The summed E-state index contributed by atoms with van der Waals surface area (Å²) in [5.74, 6) is 1.55. The van der Waals surface area contributed by atoms with Gasteiger partial charge in [0.25, 0.3) is 0 Å². The quantitative estimate of drug-likeness (QED) is 0.754. The average Bonchev–Trinajstić information content (AvgIpc) is 2.32. The Balaban J connectivity index is 2.70. The van der Waals surface area contributed by atoms with Crippen LogP contribution in [0.1, 0.15) is 47.3 Å². The highest BCUT2D eigenvalue weighted by atomic mass is 16.5. The van der Waals surface area contributed by atoms with Crippen molar-refractivity contribution in [2.24, 2.45) is 0 Å². The van der Waals surface area contributed by atoms with Gasteiger partial charge >= 0.3 is 0 Å². The van der Waals surface area contributed by atoms with Crippen LogP contribution in [0.15, 0.2) is 0 Å². The SMILES string of the molecule is COc1c(C)c2c(c(C)c1C=O)OC(C)(C)CC2. The van der Waals surface area contributed by atoms with Crippen LogP contribution in [0.3, 0.4) is 0 Å². The van der Waals surface area contributed by atoms with E-state index in [1.54, 1.807) is 7.11 Å². The number of hydrogen-bond acceptors (Lipinski definition) is 3. The molecule has 1 aromatic carbocycles. The Morgan fingerprint density at radius 3 is 2.50 bits per heavy atom. The van der Waals surface area contributed by atoms with Gasteiger partial charge in [-0.1, -0.05) is 0 Å². The molecule has 0 bridgehead atoms. The van der Waals surface area contributed by atoms with E-state index in [1.165, 1.54) is 5.56 Å². The lowest BCUT2D eigenvalue weighted by Gasteiger charge is -2.35. The summed E-state index contributed by atoms with van der Waals surface area (Å²) < 4.78 is 11.4. The minimum atomic E-state index is -0.168. The number of aldehydes is 1. The minimum absolute atomic E-state index is 0.168. The molecule has 1 aliphatic heterocycles. The van der Waals surface area contributed by atoms with E-state index >= 15 is 0 Å². The number of benzene rings is 1. The second kappa shape index (κ2) is 4.30. The van der Waals surface area contributed by atoms with Gasteiger partial charge in [-0.2, -0.15) is 0 Å². The molecule has 0 aromatic heterocycles. The van der Waals surface area contributed by atoms with Gasteiger partial charge in [0, 0.05) is 11.1 Å². The molecule has 0 saturated heterocycles. The molecule has 1 aliphatic rings. The molecule has 0 amide bonds. The van der Waals surface area contributed by atoms with Crippen LogP contribution in [-0.4, -0.2) is 19.0 Å². The van der Waals surface area contributed by atoms with E-state index in [4.69, 9.17) is 9.47 Å². The number of ether oxygens (including phenoxy) is 2. The third-order valence-electron chi connectivity index (χ3n) is 3.73. The van der Waals surface area contributed by atoms with Crippen molar-refractivity contribution in [3.8, 4) is 11.5 Å². The zero-order valence-corrected chi connectivity index (χ0v) is 11.7. The van der Waals surface area contributed by atoms with Crippen molar-refractivity contribution in [2.75, 3.05) is 7.11 Å². The van der Waals surface area contributed by atoms with Gasteiger partial charge in [-0.05, 0) is 46.1 Å². The molecule has 18 heavy (non-hydrogen) atoms. The first-order valence-corrected chi connectivity index (χ1v) is 6.25. The fourth-order valence-corrected chi connectivity index (χ4v) is 2.63.